The van der Waals surface area contributed by atoms with E-state index in [0.717, 1.165) is 36.9 Å². The number of nitrogens with one attached hydrogen (secondary N) is 1. The molecule has 0 aliphatic carbocycles. The van der Waals surface area contributed by atoms with Crippen LogP contribution in [0.2, 0.25) is 0 Å². The Labute approximate surface area is 108 Å². The Hall–Kier alpha value is -1.52. The third kappa shape index (κ3) is 3.24. The molecule has 0 amide bonds. The summed E-state index contributed by atoms with van der Waals surface area (Å²) < 4.78 is 11.1. The van der Waals surface area contributed by atoms with E-state index in [0.29, 0.717) is 0 Å². The number of aryl methyl sites for hydroxylation is 1. The van der Waals surface area contributed by atoms with Crippen LogP contribution in [0.5, 0.6) is 0 Å². The van der Waals surface area contributed by atoms with Gasteiger partial charge in [-0.2, -0.15) is 0 Å². The van der Waals surface area contributed by atoms with Crippen molar-refractivity contribution < 1.29 is 8.83 Å². The fraction of sp³-hybridized carbons (Fsp3) is 0.429. The predicted octanol–water partition coefficient (Wildman–Crippen LogP) is 2.53. The second-order valence-corrected chi connectivity index (χ2v) is 4.58. The summed E-state index contributed by atoms with van der Waals surface area (Å²) in [6.45, 7) is 4.36. The van der Waals surface area contributed by atoms with Crippen molar-refractivity contribution in [1.82, 2.24) is 10.2 Å². The van der Waals surface area contributed by atoms with Gasteiger partial charge in [-0.25, -0.2) is 0 Å². The largest absolute Gasteiger partial charge is 0.468 e. The molecule has 0 aliphatic rings. The van der Waals surface area contributed by atoms with Crippen LogP contribution in [-0.4, -0.2) is 19.0 Å². The van der Waals surface area contributed by atoms with Gasteiger partial charge in [-0.15, -0.1) is 0 Å². The number of furan rings is 2. The van der Waals surface area contributed by atoms with Gasteiger partial charge < -0.3 is 14.2 Å². The predicted molar refractivity (Wildman–Crippen MR) is 70.1 cm³/mol. The van der Waals surface area contributed by atoms with E-state index in [4.69, 9.17) is 8.83 Å². The van der Waals surface area contributed by atoms with Crippen molar-refractivity contribution in [3.8, 4) is 0 Å². The van der Waals surface area contributed by atoms with Crippen molar-refractivity contribution in [3.63, 3.8) is 0 Å². The minimum atomic E-state index is 0.782. The summed E-state index contributed by atoms with van der Waals surface area (Å²) in [5.41, 5.74) is 1.21. The first-order valence-electron chi connectivity index (χ1n) is 6.12. The van der Waals surface area contributed by atoms with Crippen molar-refractivity contribution >= 4 is 0 Å². The molecule has 4 heteroatoms. The van der Waals surface area contributed by atoms with Crippen LogP contribution in [0.3, 0.4) is 0 Å². The van der Waals surface area contributed by atoms with Gasteiger partial charge in [0, 0.05) is 12.1 Å². The Kier molecular flexibility index (Phi) is 4.23. The van der Waals surface area contributed by atoms with E-state index in [1.807, 2.05) is 32.2 Å². The molecule has 0 saturated heterocycles. The highest BCUT2D eigenvalue weighted by atomic mass is 16.3. The lowest BCUT2D eigenvalue weighted by Crippen LogP contribution is -2.18. The smallest absolute Gasteiger partial charge is 0.122 e. The van der Waals surface area contributed by atoms with Gasteiger partial charge in [0.2, 0.25) is 0 Å². The zero-order valence-electron chi connectivity index (χ0n) is 11.2. The maximum atomic E-state index is 5.57. The van der Waals surface area contributed by atoms with Gasteiger partial charge in [-0.3, -0.25) is 4.90 Å². The SMILES string of the molecule is CNCc1ccoc1CN(C)Cc1ccc(C)o1. The Bertz CT molecular complexity index is 487. The van der Waals surface area contributed by atoms with Gasteiger partial charge in [-0.1, -0.05) is 0 Å². The van der Waals surface area contributed by atoms with Gasteiger partial charge in [-0.05, 0) is 39.2 Å². The number of hydrogen-bond acceptors (Lipinski definition) is 4. The summed E-state index contributed by atoms with van der Waals surface area (Å²) in [7, 11) is 4.00. The third-order valence-corrected chi connectivity index (χ3v) is 2.84. The molecular formula is C14H20N2O2. The van der Waals surface area contributed by atoms with Gasteiger partial charge in [0.15, 0.2) is 0 Å². The van der Waals surface area contributed by atoms with Crippen LogP contribution < -0.4 is 5.32 Å². The first kappa shape index (κ1) is 12.9. The fourth-order valence-corrected chi connectivity index (χ4v) is 1.99. The molecule has 2 rings (SSSR count). The van der Waals surface area contributed by atoms with Gasteiger partial charge >= 0.3 is 0 Å². The normalized spacial score (nSPS) is 11.3. The maximum absolute atomic E-state index is 5.57. The summed E-state index contributed by atoms with van der Waals surface area (Å²) in [6, 6.07) is 6.02. The molecule has 0 bridgehead atoms. The van der Waals surface area contributed by atoms with Crippen LogP contribution in [0.25, 0.3) is 0 Å². The summed E-state index contributed by atoms with van der Waals surface area (Å²) in [4.78, 5) is 2.18. The zero-order chi connectivity index (χ0) is 13.0. The average Bonchev–Trinajstić information content (AvgIpc) is 2.90. The summed E-state index contributed by atoms with van der Waals surface area (Å²) in [5, 5.41) is 3.14. The third-order valence-electron chi connectivity index (χ3n) is 2.84. The number of rotatable bonds is 6. The first-order chi connectivity index (χ1) is 8.69. The van der Waals surface area contributed by atoms with Crippen LogP contribution in [0.1, 0.15) is 22.8 Å². The van der Waals surface area contributed by atoms with Gasteiger partial charge in [0.1, 0.15) is 17.3 Å². The molecule has 1 N–H and O–H groups in total. The molecule has 98 valence electrons. The quantitative estimate of drug-likeness (QED) is 0.853. The topological polar surface area (TPSA) is 41.6 Å². The number of nitrogens with zero attached hydrogens (tertiary/aromatic N) is 1. The molecular weight excluding hydrogens is 228 g/mol. The molecule has 0 atom stereocenters. The van der Waals surface area contributed by atoms with E-state index < -0.39 is 0 Å². The second kappa shape index (κ2) is 5.89. The highest BCUT2D eigenvalue weighted by molar-refractivity contribution is 5.16. The summed E-state index contributed by atoms with van der Waals surface area (Å²) in [6.07, 6.45) is 1.74. The molecule has 2 aromatic rings. The maximum Gasteiger partial charge on any atom is 0.122 e. The van der Waals surface area contributed by atoms with E-state index in [1.165, 1.54) is 5.56 Å². The molecule has 4 nitrogen and oxygen atoms in total. The first-order valence-corrected chi connectivity index (χ1v) is 6.12. The zero-order valence-corrected chi connectivity index (χ0v) is 11.2. The molecule has 0 fully saturated rings. The summed E-state index contributed by atoms with van der Waals surface area (Å²) >= 11 is 0. The fourth-order valence-electron chi connectivity index (χ4n) is 1.99. The molecule has 0 aliphatic heterocycles. The van der Waals surface area contributed by atoms with Crippen molar-refractivity contribution in [3.05, 3.63) is 47.3 Å². The van der Waals surface area contributed by atoms with Crippen LogP contribution in [-0.2, 0) is 19.6 Å². The van der Waals surface area contributed by atoms with E-state index in [-0.39, 0.29) is 0 Å². The van der Waals surface area contributed by atoms with Gasteiger partial charge in [0.05, 0.1) is 19.4 Å². The highest BCUT2D eigenvalue weighted by Gasteiger charge is 2.10. The lowest BCUT2D eigenvalue weighted by molar-refractivity contribution is 0.261. The van der Waals surface area contributed by atoms with Crippen LogP contribution >= 0.6 is 0 Å². The molecule has 18 heavy (non-hydrogen) atoms. The van der Waals surface area contributed by atoms with Gasteiger partial charge in [0.25, 0.3) is 0 Å². The minimum Gasteiger partial charge on any atom is -0.468 e. The van der Waals surface area contributed by atoms with Crippen molar-refractivity contribution in [1.29, 1.82) is 0 Å². The highest BCUT2D eigenvalue weighted by Crippen LogP contribution is 2.15. The molecule has 2 aromatic heterocycles. The Balaban J connectivity index is 1.94. The lowest BCUT2D eigenvalue weighted by Gasteiger charge is -2.14. The Morgan fingerprint density at radius 2 is 2.06 bits per heavy atom. The Morgan fingerprint density at radius 3 is 2.72 bits per heavy atom. The van der Waals surface area contributed by atoms with E-state index >= 15 is 0 Å². The molecule has 0 radical (unpaired) electrons. The van der Waals surface area contributed by atoms with Crippen molar-refractivity contribution in [2.75, 3.05) is 14.1 Å². The number of hydrogen-bond donors (Lipinski definition) is 1. The standard InChI is InChI=1S/C14H20N2O2/c1-11-4-5-13(18-11)9-16(3)10-14-12(8-15-2)6-7-17-14/h4-7,15H,8-10H2,1-3H3. The second-order valence-electron chi connectivity index (χ2n) is 4.58. The Morgan fingerprint density at radius 1 is 1.22 bits per heavy atom. The average molecular weight is 248 g/mol. The minimum absolute atomic E-state index is 0.782. The van der Waals surface area contributed by atoms with Crippen LogP contribution in [0, 0.1) is 6.92 Å². The van der Waals surface area contributed by atoms with Crippen LogP contribution in [0.15, 0.2) is 33.3 Å². The lowest BCUT2D eigenvalue weighted by atomic mass is 10.2. The summed E-state index contributed by atoms with van der Waals surface area (Å²) in [5.74, 6) is 2.94. The van der Waals surface area contributed by atoms with E-state index in [9.17, 15) is 0 Å². The van der Waals surface area contributed by atoms with Crippen molar-refractivity contribution in [2.45, 2.75) is 26.6 Å². The molecule has 0 unspecified atom stereocenters. The van der Waals surface area contributed by atoms with Crippen LogP contribution in [0.4, 0.5) is 0 Å². The molecule has 0 saturated carbocycles. The van der Waals surface area contributed by atoms with Crippen molar-refractivity contribution in [2.24, 2.45) is 0 Å². The monoisotopic (exact) mass is 248 g/mol. The molecule has 0 spiro atoms. The molecule has 2 heterocycles. The van der Waals surface area contributed by atoms with E-state index in [2.05, 4.69) is 17.3 Å². The molecule has 0 aromatic carbocycles. The van der Waals surface area contributed by atoms with E-state index in [1.54, 1.807) is 6.26 Å².